The molecule has 11 nitrogen and oxygen atoms in total. The third kappa shape index (κ3) is 5.81. The predicted molar refractivity (Wildman–Crippen MR) is 161 cm³/mol. The summed E-state index contributed by atoms with van der Waals surface area (Å²) >= 11 is 0. The molecule has 3 aliphatic rings. The van der Waals surface area contributed by atoms with E-state index in [4.69, 9.17) is 4.74 Å². The van der Waals surface area contributed by atoms with Gasteiger partial charge in [-0.05, 0) is 61.9 Å². The molecular weight excluding hydrogens is 532 g/mol. The van der Waals surface area contributed by atoms with Crippen LogP contribution in [0.2, 0.25) is 0 Å². The number of amides is 3. The first-order valence-electron chi connectivity index (χ1n) is 14.5. The average Bonchev–Trinajstić information content (AvgIpc) is 3.03. The summed E-state index contributed by atoms with van der Waals surface area (Å²) < 4.78 is 5.54. The summed E-state index contributed by atoms with van der Waals surface area (Å²) in [6.45, 7) is 4.81. The number of urea groups is 1. The number of rotatable bonds is 5. The summed E-state index contributed by atoms with van der Waals surface area (Å²) in [5.74, 6) is 0.0972. The maximum absolute atomic E-state index is 12.6. The van der Waals surface area contributed by atoms with E-state index in [9.17, 15) is 20.3 Å². The number of fused-ring (bicyclic) bond motifs is 1. The van der Waals surface area contributed by atoms with Crippen molar-refractivity contribution in [1.82, 2.24) is 25.8 Å². The fraction of sp³-hybridized carbons (Fsp3) is 0.452. The molecule has 11 heteroatoms. The molecule has 220 valence electrons. The van der Waals surface area contributed by atoms with Gasteiger partial charge in [0.15, 0.2) is 0 Å². The van der Waals surface area contributed by atoms with Crippen molar-refractivity contribution in [3.63, 3.8) is 0 Å². The average molecular weight is 571 g/mol. The maximum Gasteiger partial charge on any atom is 0.317 e. The molecule has 1 fully saturated rings. The van der Waals surface area contributed by atoms with Crippen molar-refractivity contribution >= 4 is 23.5 Å². The van der Waals surface area contributed by atoms with Crippen molar-refractivity contribution in [2.24, 2.45) is 0 Å². The fourth-order valence-corrected chi connectivity index (χ4v) is 6.00. The Hall–Kier alpha value is -4.43. The van der Waals surface area contributed by atoms with E-state index in [0.29, 0.717) is 56.4 Å². The van der Waals surface area contributed by atoms with E-state index in [1.54, 1.807) is 25.2 Å². The lowest BCUT2D eigenvalue weighted by Gasteiger charge is -2.38. The summed E-state index contributed by atoms with van der Waals surface area (Å²) in [5, 5.41) is 28.6. The maximum atomic E-state index is 12.6. The Balaban J connectivity index is 1.50. The van der Waals surface area contributed by atoms with Crippen LogP contribution in [0.4, 0.5) is 10.5 Å². The van der Waals surface area contributed by atoms with Crippen LogP contribution in [-0.4, -0.2) is 80.6 Å². The second-order valence-electron chi connectivity index (χ2n) is 10.9. The molecule has 1 saturated heterocycles. The summed E-state index contributed by atoms with van der Waals surface area (Å²) in [7, 11) is 3.19. The van der Waals surface area contributed by atoms with E-state index in [0.717, 1.165) is 64.9 Å². The van der Waals surface area contributed by atoms with Gasteiger partial charge in [0.25, 0.3) is 5.91 Å². The minimum atomic E-state index is -0.253. The highest BCUT2D eigenvalue weighted by atomic mass is 16.5. The molecule has 3 aliphatic heterocycles. The molecule has 42 heavy (non-hydrogen) atoms. The molecule has 1 aromatic carbocycles. The zero-order chi connectivity index (χ0) is 29.8. The molecule has 0 atom stereocenters. The van der Waals surface area contributed by atoms with E-state index in [-0.39, 0.29) is 18.0 Å². The number of aromatic nitrogens is 1. The topological polar surface area (TPSA) is 146 Å². The number of amidine groups is 1. The zero-order valence-corrected chi connectivity index (χ0v) is 24.5. The van der Waals surface area contributed by atoms with Gasteiger partial charge in [0.1, 0.15) is 11.5 Å². The van der Waals surface area contributed by atoms with Gasteiger partial charge in [-0.2, -0.15) is 5.26 Å². The van der Waals surface area contributed by atoms with E-state index < -0.39 is 0 Å². The molecule has 0 unspecified atom stereocenters. The minimum Gasteiger partial charge on any atom is -0.385 e. The third-order valence-electron chi connectivity index (χ3n) is 8.29. The van der Waals surface area contributed by atoms with Crippen molar-refractivity contribution in [2.75, 3.05) is 51.8 Å². The van der Waals surface area contributed by atoms with E-state index in [1.807, 2.05) is 30.0 Å². The highest BCUT2D eigenvalue weighted by Gasteiger charge is 2.31. The number of carbonyl (C=O) groups is 2. The molecule has 3 amide bonds. The van der Waals surface area contributed by atoms with Gasteiger partial charge in [0.05, 0.1) is 18.2 Å². The van der Waals surface area contributed by atoms with Crippen LogP contribution in [0.5, 0.6) is 0 Å². The lowest BCUT2D eigenvalue weighted by molar-refractivity contribution is 0.0798. The van der Waals surface area contributed by atoms with Crippen LogP contribution in [0.25, 0.3) is 11.1 Å². The summed E-state index contributed by atoms with van der Waals surface area (Å²) in [5.41, 5.74) is 6.79. The van der Waals surface area contributed by atoms with Crippen molar-refractivity contribution in [3.05, 3.63) is 58.1 Å². The first-order valence-corrected chi connectivity index (χ1v) is 14.5. The van der Waals surface area contributed by atoms with E-state index >= 15 is 0 Å². The number of nitrogens with zero attached hydrogens (tertiary/aromatic N) is 4. The molecule has 4 N–H and O–H groups in total. The fourth-order valence-electron chi connectivity index (χ4n) is 6.00. The molecule has 1 aromatic heterocycles. The lowest BCUT2D eigenvalue weighted by atomic mass is 9.91. The normalized spacial score (nSPS) is 17.3. The van der Waals surface area contributed by atoms with Gasteiger partial charge in [-0.3, -0.25) is 15.2 Å². The van der Waals surface area contributed by atoms with Crippen molar-refractivity contribution in [3.8, 4) is 17.2 Å². The summed E-state index contributed by atoms with van der Waals surface area (Å²) in [4.78, 5) is 32.8. The highest BCUT2D eigenvalue weighted by molar-refractivity contribution is 6.09. The first-order chi connectivity index (χ1) is 20.3. The van der Waals surface area contributed by atoms with Crippen LogP contribution in [0.15, 0.2) is 35.7 Å². The number of nitriles is 1. The van der Waals surface area contributed by atoms with Crippen molar-refractivity contribution in [1.29, 1.82) is 10.7 Å². The van der Waals surface area contributed by atoms with Gasteiger partial charge >= 0.3 is 6.03 Å². The third-order valence-corrected chi connectivity index (χ3v) is 8.29. The molecule has 0 aliphatic carbocycles. The quantitative estimate of drug-likeness (QED) is 0.319. The Kier molecular flexibility index (Phi) is 8.73. The molecule has 0 spiro atoms. The first kappa shape index (κ1) is 29.1. The SMILES string of the molecule is CNC(=O)c1ncc(-c2cc3c(cc2C#N)N(C(=N)C2=C(NC4CCOCC4)CCN(C(=O)NC)C2)CCC3)cc1C. The number of anilines is 1. The minimum absolute atomic E-state index is 0.160. The Bertz CT molecular complexity index is 1470. The smallest absolute Gasteiger partial charge is 0.317 e. The number of ether oxygens (including phenoxy) is 1. The van der Waals surface area contributed by atoms with Crippen LogP contribution in [0.3, 0.4) is 0 Å². The second-order valence-corrected chi connectivity index (χ2v) is 10.9. The standard InChI is InChI=1S/C31H38N8O3/c1-19-13-22(17-36-28(19)30(40)34-2)24-14-20-5-4-9-39(27(20)15-21(24)16-32)29(33)25-18-38(31(41)35-3)10-6-26(25)37-23-7-11-42-12-8-23/h13-15,17,23,33,37H,4-12,18H2,1-3H3,(H,34,40)(H,35,41). The van der Waals surface area contributed by atoms with Gasteiger partial charge in [-0.15, -0.1) is 0 Å². The van der Waals surface area contributed by atoms with Crippen LogP contribution >= 0.6 is 0 Å². The Labute approximate surface area is 246 Å². The monoisotopic (exact) mass is 570 g/mol. The highest BCUT2D eigenvalue weighted by Crippen LogP contribution is 2.36. The predicted octanol–water partition coefficient (Wildman–Crippen LogP) is 3.09. The number of hydrogen-bond donors (Lipinski definition) is 4. The van der Waals surface area contributed by atoms with Gasteiger partial charge in [0.2, 0.25) is 0 Å². The van der Waals surface area contributed by atoms with Gasteiger partial charge < -0.3 is 30.5 Å². The number of aryl methyl sites for hydroxylation is 2. The zero-order valence-electron chi connectivity index (χ0n) is 24.5. The molecule has 0 saturated carbocycles. The molecule has 2 aromatic rings. The number of hydrogen-bond acceptors (Lipinski definition) is 7. The largest absolute Gasteiger partial charge is 0.385 e. The Morgan fingerprint density at radius 3 is 2.60 bits per heavy atom. The number of pyridine rings is 1. The van der Waals surface area contributed by atoms with Gasteiger partial charge in [-0.25, -0.2) is 4.79 Å². The summed E-state index contributed by atoms with van der Waals surface area (Å²) in [6, 6.07) is 8.23. The molecule has 5 rings (SSSR count). The molecule has 0 bridgehead atoms. The van der Waals surface area contributed by atoms with Gasteiger partial charge in [0, 0.05) is 87.1 Å². The molecular formula is C31H38N8O3. The number of carbonyl (C=O) groups excluding carboxylic acids is 2. The Morgan fingerprint density at radius 1 is 1.12 bits per heavy atom. The van der Waals surface area contributed by atoms with Crippen molar-refractivity contribution in [2.45, 2.75) is 45.1 Å². The number of nitrogens with one attached hydrogen (secondary N) is 4. The Morgan fingerprint density at radius 2 is 1.90 bits per heavy atom. The summed E-state index contributed by atoms with van der Waals surface area (Å²) in [6.07, 6.45) is 5.76. The van der Waals surface area contributed by atoms with E-state index in [1.165, 1.54) is 0 Å². The number of benzene rings is 1. The van der Waals surface area contributed by atoms with Crippen molar-refractivity contribution < 1.29 is 14.3 Å². The molecule has 0 radical (unpaired) electrons. The van der Waals surface area contributed by atoms with Crippen LogP contribution in [0.1, 0.15) is 52.9 Å². The second kappa shape index (κ2) is 12.6. The van der Waals surface area contributed by atoms with Crippen LogP contribution in [0, 0.1) is 23.7 Å². The lowest BCUT2D eigenvalue weighted by Crippen LogP contribution is -2.48. The van der Waals surface area contributed by atoms with Crippen LogP contribution in [-0.2, 0) is 11.2 Å². The van der Waals surface area contributed by atoms with Crippen LogP contribution < -0.4 is 20.9 Å². The van der Waals surface area contributed by atoms with Gasteiger partial charge in [-0.1, -0.05) is 0 Å². The molecule has 4 heterocycles. The van der Waals surface area contributed by atoms with E-state index in [2.05, 4.69) is 27.0 Å².